The molecule has 0 bridgehead atoms. The van der Waals surface area contributed by atoms with E-state index in [1.165, 1.54) is 16.4 Å². The maximum atomic E-state index is 11.7. The average molecular weight is 300 g/mol. The summed E-state index contributed by atoms with van der Waals surface area (Å²) in [6.45, 7) is 9.58. The first-order valence-electron chi connectivity index (χ1n) is 6.31. The van der Waals surface area contributed by atoms with Crippen LogP contribution in [0.5, 0.6) is 0 Å². The summed E-state index contributed by atoms with van der Waals surface area (Å²) in [6, 6.07) is 0. The summed E-state index contributed by atoms with van der Waals surface area (Å²) in [4.78, 5) is 33.1. The van der Waals surface area contributed by atoms with Gasteiger partial charge >= 0.3 is 5.97 Å². The van der Waals surface area contributed by atoms with E-state index in [2.05, 4.69) is 4.98 Å². The van der Waals surface area contributed by atoms with Crippen molar-refractivity contribution < 1.29 is 19.2 Å². The predicted molar refractivity (Wildman–Crippen MR) is 75.3 cm³/mol. The number of carbonyl (C=O) groups excluding carboxylic acids is 2. The molecule has 0 aliphatic rings. The van der Waals surface area contributed by atoms with Gasteiger partial charge in [-0.3, -0.25) is 9.63 Å². The molecule has 1 aromatic rings. The summed E-state index contributed by atoms with van der Waals surface area (Å²) in [5, 5.41) is 1.80. The standard InChI is InChI=1S/C13H20N2O4S/c1-6-18-12(17)11-9(2)20-10(14-11)7-15(8-16)19-13(3,4)5/h8H,6-7H2,1-5H3. The molecule has 0 fully saturated rings. The van der Waals surface area contributed by atoms with Gasteiger partial charge in [0.2, 0.25) is 6.41 Å². The van der Waals surface area contributed by atoms with Gasteiger partial charge in [-0.05, 0) is 34.6 Å². The van der Waals surface area contributed by atoms with Crippen LogP contribution in [-0.4, -0.2) is 34.6 Å². The van der Waals surface area contributed by atoms with Crippen LogP contribution in [0.1, 0.15) is 48.1 Å². The van der Waals surface area contributed by atoms with Gasteiger partial charge in [0, 0.05) is 4.88 Å². The van der Waals surface area contributed by atoms with Crippen molar-refractivity contribution in [2.24, 2.45) is 0 Å². The summed E-state index contributed by atoms with van der Waals surface area (Å²) < 4.78 is 4.92. The van der Waals surface area contributed by atoms with Crippen molar-refractivity contribution in [3.63, 3.8) is 0 Å². The van der Waals surface area contributed by atoms with Crippen molar-refractivity contribution in [2.45, 2.75) is 46.8 Å². The SMILES string of the molecule is CCOC(=O)c1nc(CN(C=O)OC(C)(C)C)sc1C. The van der Waals surface area contributed by atoms with Crippen LogP contribution in [0.3, 0.4) is 0 Å². The molecular weight excluding hydrogens is 280 g/mol. The first-order chi connectivity index (χ1) is 9.26. The Morgan fingerprint density at radius 1 is 1.45 bits per heavy atom. The van der Waals surface area contributed by atoms with Crippen molar-refractivity contribution in [3.05, 3.63) is 15.6 Å². The lowest BCUT2D eigenvalue weighted by Crippen LogP contribution is -2.32. The van der Waals surface area contributed by atoms with Crippen LogP contribution in [0.2, 0.25) is 0 Å². The molecule has 0 aliphatic heterocycles. The van der Waals surface area contributed by atoms with Crippen molar-refractivity contribution >= 4 is 23.7 Å². The molecule has 0 spiro atoms. The molecule has 0 aromatic carbocycles. The first kappa shape index (κ1) is 16.6. The highest BCUT2D eigenvalue weighted by Gasteiger charge is 2.20. The van der Waals surface area contributed by atoms with Gasteiger partial charge in [0.15, 0.2) is 5.69 Å². The van der Waals surface area contributed by atoms with Gasteiger partial charge < -0.3 is 4.74 Å². The second kappa shape index (κ2) is 6.81. The number of hydroxylamine groups is 2. The zero-order valence-corrected chi connectivity index (χ0v) is 13.2. The highest BCUT2D eigenvalue weighted by Crippen LogP contribution is 2.21. The van der Waals surface area contributed by atoms with E-state index >= 15 is 0 Å². The van der Waals surface area contributed by atoms with Crippen molar-refractivity contribution in [1.82, 2.24) is 10.0 Å². The van der Waals surface area contributed by atoms with E-state index in [0.29, 0.717) is 23.7 Å². The van der Waals surface area contributed by atoms with Crippen LogP contribution >= 0.6 is 11.3 Å². The summed E-state index contributed by atoms with van der Waals surface area (Å²) in [6.07, 6.45) is 0.603. The molecule has 112 valence electrons. The van der Waals surface area contributed by atoms with Crippen molar-refractivity contribution in [1.29, 1.82) is 0 Å². The molecular formula is C13H20N2O4S. The highest BCUT2D eigenvalue weighted by atomic mass is 32.1. The zero-order valence-electron chi connectivity index (χ0n) is 12.4. The first-order valence-corrected chi connectivity index (χ1v) is 7.13. The van der Waals surface area contributed by atoms with E-state index < -0.39 is 11.6 Å². The molecule has 1 heterocycles. The monoisotopic (exact) mass is 300 g/mol. The number of aryl methyl sites for hydroxylation is 1. The van der Waals surface area contributed by atoms with E-state index in [9.17, 15) is 9.59 Å². The fourth-order valence-electron chi connectivity index (χ4n) is 1.48. The zero-order chi connectivity index (χ0) is 15.3. The van der Waals surface area contributed by atoms with Crippen molar-refractivity contribution in [3.8, 4) is 0 Å². The van der Waals surface area contributed by atoms with Gasteiger partial charge in [0.05, 0.1) is 12.2 Å². The van der Waals surface area contributed by atoms with E-state index in [-0.39, 0.29) is 6.54 Å². The molecule has 0 saturated heterocycles. The fraction of sp³-hybridized carbons (Fsp3) is 0.615. The topological polar surface area (TPSA) is 68.7 Å². The Balaban J connectivity index is 2.80. The molecule has 1 aromatic heterocycles. The predicted octanol–water partition coefficient (Wildman–Crippen LogP) is 2.32. The quantitative estimate of drug-likeness (QED) is 0.458. The summed E-state index contributed by atoms with van der Waals surface area (Å²) in [7, 11) is 0. The number of rotatable bonds is 6. The number of hydrogen-bond donors (Lipinski definition) is 0. The molecule has 20 heavy (non-hydrogen) atoms. The Morgan fingerprint density at radius 3 is 2.60 bits per heavy atom. The van der Waals surface area contributed by atoms with Crippen LogP contribution in [0.15, 0.2) is 0 Å². The van der Waals surface area contributed by atoms with E-state index in [0.717, 1.165) is 4.88 Å². The molecule has 1 amide bonds. The number of esters is 1. The fourth-order valence-corrected chi connectivity index (χ4v) is 2.39. The normalized spacial score (nSPS) is 11.2. The second-order valence-corrected chi connectivity index (χ2v) is 6.40. The number of aromatic nitrogens is 1. The van der Waals surface area contributed by atoms with Gasteiger partial charge in [-0.25, -0.2) is 14.8 Å². The molecule has 7 heteroatoms. The third-order valence-electron chi connectivity index (χ3n) is 2.11. The molecule has 0 unspecified atom stereocenters. The highest BCUT2D eigenvalue weighted by molar-refractivity contribution is 7.11. The smallest absolute Gasteiger partial charge is 0.358 e. The number of carbonyl (C=O) groups is 2. The minimum Gasteiger partial charge on any atom is -0.461 e. The number of amides is 1. The second-order valence-electron chi connectivity index (χ2n) is 5.12. The lowest BCUT2D eigenvalue weighted by Gasteiger charge is -2.25. The van der Waals surface area contributed by atoms with E-state index in [4.69, 9.17) is 9.57 Å². The molecule has 0 atom stereocenters. The van der Waals surface area contributed by atoms with Crippen LogP contribution in [0.4, 0.5) is 0 Å². The summed E-state index contributed by atoms with van der Waals surface area (Å²) in [5.41, 5.74) is -0.176. The minimum atomic E-state index is -0.475. The van der Waals surface area contributed by atoms with Crippen LogP contribution in [0.25, 0.3) is 0 Å². The lowest BCUT2D eigenvalue weighted by molar-refractivity contribution is -0.220. The molecule has 0 radical (unpaired) electrons. The minimum absolute atomic E-state index is 0.200. The van der Waals surface area contributed by atoms with Gasteiger partial charge in [-0.2, -0.15) is 0 Å². The number of nitrogens with zero attached hydrogens (tertiary/aromatic N) is 2. The largest absolute Gasteiger partial charge is 0.461 e. The average Bonchev–Trinajstić information content (AvgIpc) is 2.68. The van der Waals surface area contributed by atoms with Crippen LogP contribution in [0, 0.1) is 6.92 Å². The van der Waals surface area contributed by atoms with E-state index in [1.807, 2.05) is 20.8 Å². The number of hydrogen-bond acceptors (Lipinski definition) is 6. The van der Waals surface area contributed by atoms with Gasteiger partial charge in [-0.1, -0.05) is 0 Å². The third kappa shape index (κ3) is 4.90. The van der Waals surface area contributed by atoms with Gasteiger partial charge in [0.1, 0.15) is 11.6 Å². The Bertz CT molecular complexity index is 479. The maximum Gasteiger partial charge on any atom is 0.358 e. The molecule has 0 aliphatic carbocycles. The number of thiazole rings is 1. The molecule has 0 saturated carbocycles. The molecule has 1 rings (SSSR count). The van der Waals surface area contributed by atoms with Crippen LogP contribution < -0.4 is 0 Å². The molecule has 6 nitrogen and oxygen atoms in total. The third-order valence-corrected chi connectivity index (χ3v) is 3.06. The Labute approximate surface area is 122 Å². The number of ether oxygens (including phenoxy) is 1. The Hall–Kier alpha value is -1.47. The van der Waals surface area contributed by atoms with Gasteiger partial charge in [0.25, 0.3) is 0 Å². The van der Waals surface area contributed by atoms with Gasteiger partial charge in [-0.15, -0.1) is 11.3 Å². The maximum absolute atomic E-state index is 11.7. The lowest BCUT2D eigenvalue weighted by atomic mass is 10.2. The Kier molecular flexibility index (Phi) is 5.64. The Morgan fingerprint density at radius 2 is 2.10 bits per heavy atom. The van der Waals surface area contributed by atoms with E-state index in [1.54, 1.807) is 13.8 Å². The summed E-state index contributed by atoms with van der Waals surface area (Å²) in [5.74, 6) is -0.443. The molecule has 0 N–H and O–H groups in total. The van der Waals surface area contributed by atoms with Crippen LogP contribution in [-0.2, 0) is 20.9 Å². The summed E-state index contributed by atoms with van der Waals surface area (Å²) >= 11 is 1.35. The van der Waals surface area contributed by atoms with Crippen molar-refractivity contribution in [2.75, 3.05) is 6.61 Å².